The van der Waals surface area contributed by atoms with E-state index in [4.69, 9.17) is 0 Å². The summed E-state index contributed by atoms with van der Waals surface area (Å²) in [5, 5.41) is 13.8. The number of nitrogens with one attached hydrogen (secondary N) is 1. The number of hydrogen-bond donors (Lipinski definition) is 2. The fourth-order valence-corrected chi connectivity index (χ4v) is 6.11. The van der Waals surface area contributed by atoms with E-state index in [1.165, 1.54) is 42.8 Å². The maximum Gasteiger partial charge on any atom is 0.163 e. The first-order valence-corrected chi connectivity index (χ1v) is 10.8. The van der Waals surface area contributed by atoms with Crippen LogP contribution in [0.4, 0.5) is 11.5 Å². The van der Waals surface area contributed by atoms with Crippen LogP contribution in [0.5, 0.6) is 0 Å². The highest BCUT2D eigenvalue weighted by Gasteiger charge is 2.38. The van der Waals surface area contributed by atoms with Crippen molar-refractivity contribution in [3.8, 4) is 0 Å². The van der Waals surface area contributed by atoms with Crippen molar-refractivity contribution < 1.29 is 5.11 Å². The Hall–Kier alpha value is -1.63. The van der Waals surface area contributed by atoms with Crippen molar-refractivity contribution in [1.82, 2.24) is 14.9 Å². The second-order valence-corrected chi connectivity index (χ2v) is 9.12. The molecule has 5 nitrogen and oxygen atoms in total. The molecule has 3 aliphatic rings. The second-order valence-electron chi connectivity index (χ2n) is 8.09. The quantitative estimate of drug-likeness (QED) is 0.713. The largest absolute Gasteiger partial charge is 0.396 e. The van der Waals surface area contributed by atoms with E-state index >= 15 is 0 Å². The van der Waals surface area contributed by atoms with Gasteiger partial charge in [-0.25, -0.2) is 9.97 Å². The number of likely N-dealkylation sites (tertiary alicyclic amines) is 1. The van der Waals surface area contributed by atoms with Crippen LogP contribution in [0.3, 0.4) is 0 Å². The lowest BCUT2D eigenvalue weighted by molar-refractivity contribution is 0.00693. The van der Waals surface area contributed by atoms with Crippen molar-refractivity contribution in [2.24, 2.45) is 17.8 Å². The first-order valence-electron chi connectivity index (χ1n) is 10.0. The number of aliphatic hydroxyl groups excluding tert-OH is 1. The third-order valence-electron chi connectivity index (χ3n) is 6.38. The van der Waals surface area contributed by atoms with Gasteiger partial charge in [0.15, 0.2) is 5.82 Å². The summed E-state index contributed by atoms with van der Waals surface area (Å²) in [5.74, 6) is 3.11. The molecule has 2 unspecified atom stereocenters. The molecule has 0 spiro atoms. The predicted octanol–water partition coefficient (Wildman–Crippen LogP) is 3.92. The van der Waals surface area contributed by atoms with Crippen LogP contribution in [0, 0.1) is 17.8 Å². The van der Waals surface area contributed by atoms with E-state index in [-0.39, 0.29) is 0 Å². The molecular formula is C21H26N4OS. The topological polar surface area (TPSA) is 61.3 Å². The summed E-state index contributed by atoms with van der Waals surface area (Å²) in [5.41, 5.74) is 2.49. The minimum Gasteiger partial charge on any atom is -0.396 e. The fourth-order valence-electron chi connectivity index (χ4n) is 5.23. The van der Waals surface area contributed by atoms with Gasteiger partial charge in [0.2, 0.25) is 0 Å². The first-order chi connectivity index (χ1) is 13.3. The van der Waals surface area contributed by atoms with Crippen molar-refractivity contribution in [1.29, 1.82) is 0 Å². The van der Waals surface area contributed by atoms with Crippen LogP contribution in [0.1, 0.15) is 31.2 Å². The molecule has 2 atom stereocenters. The number of anilines is 2. The van der Waals surface area contributed by atoms with Crippen LogP contribution >= 0.6 is 11.8 Å². The number of piperidine rings is 1. The summed E-state index contributed by atoms with van der Waals surface area (Å²) in [6, 6.07) is 6.74. The molecule has 2 bridgehead atoms. The number of fused-ring (bicyclic) bond motifs is 4. The van der Waals surface area contributed by atoms with Gasteiger partial charge in [-0.05, 0) is 54.7 Å². The van der Waals surface area contributed by atoms with Gasteiger partial charge in [0.25, 0.3) is 0 Å². The summed E-state index contributed by atoms with van der Waals surface area (Å²) in [7, 11) is 0. The van der Waals surface area contributed by atoms with Gasteiger partial charge in [-0.15, -0.1) is 0 Å². The molecule has 1 aliphatic carbocycles. The molecule has 3 heterocycles. The summed E-state index contributed by atoms with van der Waals surface area (Å²) < 4.78 is 0. The molecule has 2 fully saturated rings. The minimum atomic E-state index is 0.343. The summed E-state index contributed by atoms with van der Waals surface area (Å²) in [6.07, 6.45) is 8.49. The van der Waals surface area contributed by atoms with Crippen molar-refractivity contribution in [2.45, 2.75) is 42.1 Å². The molecule has 1 saturated carbocycles. The highest BCUT2D eigenvalue weighted by molar-refractivity contribution is 7.99. The fraction of sp³-hybridized carbons (Fsp3) is 0.524. The Morgan fingerprint density at radius 1 is 1.15 bits per heavy atom. The van der Waals surface area contributed by atoms with Crippen LogP contribution in [0.15, 0.2) is 40.5 Å². The molecule has 1 aromatic carbocycles. The number of aromatic nitrogens is 2. The van der Waals surface area contributed by atoms with Crippen LogP contribution < -0.4 is 5.32 Å². The van der Waals surface area contributed by atoms with E-state index in [9.17, 15) is 5.11 Å². The van der Waals surface area contributed by atoms with Gasteiger partial charge in [-0.2, -0.15) is 0 Å². The Kier molecular flexibility index (Phi) is 4.80. The van der Waals surface area contributed by atoms with Gasteiger partial charge in [-0.1, -0.05) is 24.2 Å². The van der Waals surface area contributed by atoms with Gasteiger partial charge in [0, 0.05) is 43.5 Å². The molecule has 1 aromatic heterocycles. The Morgan fingerprint density at radius 2 is 1.96 bits per heavy atom. The number of aliphatic hydroxyl groups is 1. The summed E-state index contributed by atoms with van der Waals surface area (Å²) in [4.78, 5) is 12.6. The highest BCUT2D eigenvalue weighted by atomic mass is 32.2. The van der Waals surface area contributed by atoms with Crippen molar-refractivity contribution in [2.75, 3.05) is 25.0 Å². The first kappa shape index (κ1) is 17.5. The molecule has 1 saturated heterocycles. The Bertz CT molecular complexity index is 816. The highest BCUT2D eigenvalue weighted by Crippen LogP contribution is 2.43. The van der Waals surface area contributed by atoms with E-state index < -0.39 is 0 Å². The van der Waals surface area contributed by atoms with Crippen molar-refractivity contribution >= 4 is 23.3 Å². The number of hydrogen-bond acceptors (Lipinski definition) is 6. The minimum absolute atomic E-state index is 0.343. The van der Waals surface area contributed by atoms with E-state index in [0.29, 0.717) is 6.61 Å². The van der Waals surface area contributed by atoms with Crippen LogP contribution in [-0.4, -0.2) is 39.7 Å². The predicted molar refractivity (Wildman–Crippen MR) is 107 cm³/mol. The van der Waals surface area contributed by atoms with E-state index in [1.54, 1.807) is 24.2 Å². The van der Waals surface area contributed by atoms with Gasteiger partial charge in [-0.3, -0.25) is 4.90 Å². The SMILES string of the molecule is OCCC1C2CCCC1CN(Cc1ccc3c(c1)Nc1nccnc1S3)C2. The average Bonchev–Trinajstić information content (AvgIpc) is 2.67. The average molecular weight is 383 g/mol. The normalized spacial score (nSPS) is 26.8. The number of nitrogens with zero attached hydrogens (tertiary/aromatic N) is 3. The number of rotatable bonds is 4. The Labute approximate surface area is 164 Å². The van der Waals surface area contributed by atoms with Crippen molar-refractivity contribution in [3.63, 3.8) is 0 Å². The Balaban J connectivity index is 1.30. The third-order valence-corrected chi connectivity index (χ3v) is 7.45. The molecule has 0 radical (unpaired) electrons. The molecule has 2 N–H and O–H groups in total. The lowest BCUT2D eigenvalue weighted by Gasteiger charge is -2.47. The molecule has 142 valence electrons. The van der Waals surface area contributed by atoms with Crippen molar-refractivity contribution in [3.05, 3.63) is 36.2 Å². The maximum atomic E-state index is 9.42. The molecular weight excluding hydrogens is 356 g/mol. The van der Waals surface area contributed by atoms with E-state index in [0.717, 1.165) is 47.3 Å². The maximum absolute atomic E-state index is 9.42. The molecule has 6 heteroatoms. The molecule has 27 heavy (non-hydrogen) atoms. The van der Waals surface area contributed by atoms with Crippen LogP contribution in [0.25, 0.3) is 0 Å². The van der Waals surface area contributed by atoms with Gasteiger partial charge in [0.05, 0.1) is 5.69 Å². The van der Waals surface area contributed by atoms with Gasteiger partial charge >= 0.3 is 0 Å². The molecule has 2 aliphatic heterocycles. The standard InChI is InChI=1S/C21H26N4OS/c26-9-6-17-15-2-1-3-16(17)13-25(12-15)11-14-4-5-19-18(10-14)24-20-21(27-19)23-8-7-22-20/h4-5,7-8,10,15-17,26H,1-3,6,9,11-13H2,(H,22,24). The zero-order valence-corrected chi connectivity index (χ0v) is 16.3. The van der Waals surface area contributed by atoms with Crippen LogP contribution in [-0.2, 0) is 6.54 Å². The van der Waals surface area contributed by atoms with Gasteiger partial charge in [0.1, 0.15) is 5.03 Å². The summed E-state index contributed by atoms with van der Waals surface area (Å²) >= 11 is 1.68. The Morgan fingerprint density at radius 3 is 2.78 bits per heavy atom. The van der Waals surface area contributed by atoms with E-state index in [1.807, 2.05) is 0 Å². The zero-order valence-electron chi connectivity index (χ0n) is 15.5. The molecule has 0 amide bonds. The van der Waals surface area contributed by atoms with E-state index in [2.05, 4.69) is 38.4 Å². The monoisotopic (exact) mass is 382 g/mol. The third kappa shape index (κ3) is 3.46. The lowest BCUT2D eigenvalue weighted by Crippen LogP contribution is -2.48. The summed E-state index contributed by atoms with van der Waals surface area (Å²) in [6.45, 7) is 3.70. The zero-order chi connectivity index (χ0) is 18.2. The van der Waals surface area contributed by atoms with Gasteiger partial charge < -0.3 is 10.4 Å². The van der Waals surface area contributed by atoms with Crippen LogP contribution in [0.2, 0.25) is 0 Å². The smallest absolute Gasteiger partial charge is 0.163 e. The number of benzene rings is 1. The second kappa shape index (κ2) is 7.41. The lowest BCUT2D eigenvalue weighted by atomic mass is 9.68. The molecule has 2 aromatic rings. The molecule has 5 rings (SSSR count).